The van der Waals surface area contributed by atoms with Gasteiger partial charge in [-0.1, -0.05) is 31.3 Å². The van der Waals surface area contributed by atoms with Crippen LogP contribution in [-0.4, -0.2) is 29.6 Å². The molecule has 0 aliphatic carbocycles. The molecule has 0 bridgehead atoms. The molecule has 2 N–H and O–H groups in total. The van der Waals surface area contributed by atoms with Gasteiger partial charge < -0.3 is 15.2 Å². The van der Waals surface area contributed by atoms with Crippen LogP contribution in [0.4, 0.5) is 0 Å². The Balaban J connectivity index is 0.00000220. The smallest absolute Gasteiger partial charge is 0.307 e. The average Bonchev–Trinajstić information content (AvgIpc) is 2.64. The maximum atomic E-state index is 11.7. The number of benzene rings is 1. The van der Waals surface area contributed by atoms with E-state index in [2.05, 4.69) is 37.9 Å². The van der Waals surface area contributed by atoms with Gasteiger partial charge in [0.05, 0.1) is 10.2 Å². The van der Waals surface area contributed by atoms with Crippen LogP contribution in [0.1, 0.15) is 19.4 Å². The van der Waals surface area contributed by atoms with E-state index in [-0.39, 0.29) is 22.7 Å². The molecule has 0 amide bonds. The van der Waals surface area contributed by atoms with Crippen LogP contribution in [0.3, 0.4) is 0 Å². The minimum absolute atomic E-state index is 0. The molecule has 4 nitrogen and oxygen atoms in total. The average molecular weight is 330 g/mol. The van der Waals surface area contributed by atoms with E-state index in [4.69, 9.17) is 5.73 Å². The summed E-state index contributed by atoms with van der Waals surface area (Å²) in [4.78, 5) is 14.0. The van der Waals surface area contributed by atoms with E-state index >= 15 is 0 Å². The Morgan fingerprint density at radius 3 is 2.67 bits per heavy atom. The van der Waals surface area contributed by atoms with Gasteiger partial charge in [-0.15, -0.1) is 12.4 Å². The molecule has 1 aromatic carbocycles. The number of hydrogen-bond acceptors (Lipinski definition) is 4. The quantitative estimate of drug-likeness (QED) is 0.916. The number of rotatable bonds is 5. The second kappa shape index (κ2) is 6.92. The van der Waals surface area contributed by atoms with Crippen molar-refractivity contribution in [2.75, 3.05) is 20.1 Å². The first-order chi connectivity index (χ1) is 9.32. The van der Waals surface area contributed by atoms with Gasteiger partial charge in [-0.25, -0.2) is 0 Å². The molecule has 0 saturated heterocycles. The fourth-order valence-corrected chi connectivity index (χ4v) is 3.38. The molecule has 0 atom stereocenters. The highest BCUT2D eigenvalue weighted by Gasteiger charge is 2.18. The van der Waals surface area contributed by atoms with Crippen LogP contribution >= 0.6 is 23.7 Å². The van der Waals surface area contributed by atoms with Gasteiger partial charge in [0.2, 0.25) is 0 Å². The van der Waals surface area contributed by atoms with Crippen LogP contribution in [0.15, 0.2) is 23.0 Å². The van der Waals surface area contributed by atoms with E-state index in [0.717, 1.165) is 23.3 Å². The first kappa shape index (κ1) is 18.2. The van der Waals surface area contributed by atoms with Crippen molar-refractivity contribution in [3.05, 3.63) is 33.4 Å². The molecule has 0 unspecified atom stereocenters. The molecule has 118 valence electrons. The lowest BCUT2D eigenvalue weighted by Crippen LogP contribution is -2.36. The fourth-order valence-electron chi connectivity index (χ4n) is 2.44. The third-order valence-corrected chi connectivity index (χ3v) is 4.56. The Morgan fingerprint density at radius 1 is 1.38 bits per heavy atom. The van der Waals surface area contributed by atoms with E-state index in [1.165, 1.54) is 16.9 Å². The highest BCUT2D eigenvalue weighted by Crippen LogP contribution is 2.20. The summed E-state index contributed by atoms with van der Waals surface area (Å²) in [6.07, 6.45) is 0. The van der Waals surface area contributed by atoms with Crippen molar-refractivity contribution in [1.82, 2.24) is 9.47 Å². The van der Waals surface area contributed by atoms with Gasteiger partial charge >= 0.3 is 4.87 Å². The van der Waals surface area contributed by atoms with Gasteiger partial charge in [-0.2, -0.15) is 0 Å². The molecule has 0 saturated carbocycles. The molecule has 6 heteroatoms. The molecule has 0 radical (unpaired) electrons. The predicted octanol–water partition coefficient (Wildman–Crippen LogP) is 2.44. The van der Waals surface area contributed by atoms with E-state index < -0.39 is 0 Å². The highest BCUT2D eigenvalue weighted by atomic mass is 35.5. The van der Waals surface area contributed by atoms with Gasteiger partial charge in [0.1, 0.15) is 0 Å². The van der Waals surface area contributed by atoms with E-state index in [1.54, 1.807) is 4.57 Å². The van der Waals surface area contributed by atoms with Gasteiger partial charge in [0, 0.05) is 20.1 Å². The maximum absolute atomic E-state index is 11.7. The molecule has 2 rings (SSSR count). The van der Waals surface area contributed by atoms with Crippen molar-refractivity contribution in [1.29, 1.82) is 0 Å². The molecule has 1 heterocycles. The lowest BCUT2D eigenvalue weighted by Gasteiger charge is -2.29. The van der Waals surface area contributed by atoms with Crippen molar-refractivity contribution >= 4 is 34.0 Å². The zero-order valence-electron chi connectivity index (χ0n) is 13.0. The number of halogens is 1. The Kier molecular flexibility index (Phi) is 5.99. The van der Waals surface area contributed by atoms with Gasteiger partial charge in [-0.05, 0) is 36.7 Å². The fraction of sp³-hybridized carbons (Fsp3) is 0.533. The number of nitrogens with two attached hydrogens (primary N) is 1. The summed E-state index contributed by atoms with van der Waals surface area (Å²) < 4.78 is 2.76. The Bertz CT molecular complexity index is 662. The minimum atomic E-state index is 0. The summed E-state index contributed by atoms with van der Waals surface area (Å²) in [5, 5.41) is 0. The summed E-state index contributed by atoms with van der Waals surface area (Å²) in [7, 11) is 3.92. The Hall–Kier alpha value is -0.880. The van der Waals surface area contributed by atoms with Crippen LogP contribution in [0.25, 0.3) is 10.2 Å². The summed E-state index contributed by atoms with van der Waals surface area (Å²) in [5.74, 6) is 0. The lowest BCUT2D eigenvalue weighted by atomic mass is 9.93. The van der Waals surface area contributed by atoms with Gasteiger partial charge in [0.15, 0.2) is 0 Å². The zero-order chi connectivity index (χ0) is 14.9. The number of thiazole rings is 1. The maximum Gasteiger partial charge on any atom is 0.307 e. The van der Waals surface area contributed by atoms with Crippen LogP contribution < -0.4 is 10.6 Å². The number of nitrogens with zero attached hydrogens (tertiary/aromatic N) is 2. The second-order valence-electron chi connectivity index (χ2n) is 6.27. The number of aryl methyl sites for hydroxylation is 1. The molecule has 0 fully saturated rings. The normalized spacial score (nSPS) is 11.9. The van der Waals surface area contributed by atoms with Crippen LogP contribution in [0, 0.1) is 5.41 Å². The molecule has 21 heavy (non-hydrogen) atoms. The monoisotopic (exact) mass is 329 g/mol. The molecular weight excluding hydrogens is 306 g/mol. The topological polar surface area (TPSA) is 51.3 Å². The number of hydrogen-bond donors (Lipinski definition) is 1. The van der Waals surface area contributed by atoms with Crippen LogP contribution in [0.2, 0.25) is 0 Å². The molecule has 2 aromatic rings. The standard InChI is InChI=1S/C15H23N3OS.ClH/c1-15(2,9-16)10-17(3)8-11-5-6-12-13(7-11)20-14(19)18(12)4;/h5-7H,8-10,16H2,1-4H3;1H. The van der Waals surface area contributed by atoms with E-state index in [0.29, 0.717) is 6.54 Å². The molecule has 0 aliphatic rings. The molecular formula is C15H24ClN3OS. The van der Waals surface area contributed by atoms with Crippen molar-refractivity contribution in [2.45, 2.75) is 20.4 Å². The van der Waals surface area contributed by atoms with Crippen molar-refractivity contribution in [3.63, 3.8) is 0 Å². The highest BCUT2D eigenvalue weighted by molar-refractivity contribution is 7.16. The minimum Gasteiger partial charge on any atom is -0.330 e. The predicted molar refractivity (Wildman–Crippen MR) is 93.5 cm³/mol. The van der Waals surface area contributed by atoms with Crippen molar-refractivity contribution < 1.29 is 0 Å². The summed E-state index contributed by atoms with van der Waals surface area (Å²) in [5.41, 5.74) is 8.14. The lowest BCUT2D eigenvalue weighted by molar-refractivity contribution is 0.210. The first-order valence-corrected chi connectivity index (χ1v) is 7.61. The Labute approximate surface area is 136 Å². The first-order valence-electron chi connectivity index (χ1n) is 6.79. The third-order valence-electron chi connectivity index (χ3n) is 3.56. The zero-order valence-corrected chi connectivity index (χ0v) is 14.7. The Morgan fingerprint density at radius 2 is 2.05 bits per heavy atom. The number of fused-ring (bicyclic) bond motifs is 1. The largest absolute Gasteiger partial charge is 0.330 e. The molecule has 0 aliphatic heterocycles. The SMILES string of the molecule is CN(Cc1ccc2c(c1)sc(=O)n2C)CC(C)(C)CN.Cl. The van der Waals surface area contributed by atoms with Crippen LogP contribution in [0.5, 0.6) is 0 Å². The van der Waals surface area contributed by atoms with Crippen molar-refractivity contribution in [3.8, 4) is 0 Å². The molecule has 1 aromatic heterocycles. The summed E-state index contributed by atoms with van der Waals surface area (Å²) in [6.45, 7) is 6.85. The second-order valence-corrected chi connectivity index (χ2v) is 7.26. The van der Waals surface area contributed by atoms with Crippen molar-refractivity contribution in [2.24, 2.45) is 18.2 Å². The summed E-state index contributed by atoms with van der Waals surface area (Å²) in [6, 6.07) is 6.25. The number of aromatic nitrogens is 1. The summed E-state index contributed by atoms with van der Waals surface area (Å²) >= 11 is 1.31. The third kappa shape index (κ3) is 4.30. The van der Waals surface area contributed by atoms with Crippen LogP contribution in [-0.2, 0) is 13.6 Å². The van der Waals surface area contributed by atoms with Gasteiger partial charge in [0.25, 0.3) is 0 Å². The van der Waals surface area contributed by atoms with E-state index in [9.17, 15) is 4.79 Å². The van der Waals surface area contributed by atoms with Gasteiger partial charge in [-0.3, -0.25) is 4.79 Å². The van der Waals surface area contributed by atoms with E-state index in [1.807, 2.05) is 13.1 Å². The molecule has 0 spiro atoms.